The third-order valence-electron chi connectivity index (χ3n) is 7.90. The number of fused-ring (bicyclic) bond motifs is 1. The molecular weight excluding hydrogens is 616 g/mol. The van der Waals surface area contributed by atoms with E-state index in [1.807, 2.05) is 66.7 Å². The molecule has 3 heterocycles. The first kappa shape index (κ1) is 30.8. The van der Waals surface area contributed by atoms with Gasteiger partial charge in [-0.1, -0.05) is 23.7 Å². The molecule has 1 unspecified atom stereocenters. The number of aromatic nitrogens is 2. The number of benzene rings is 3. The first-order valence-electron chi connectivity index (χ1n) is 14.4. The first-order valence-corrected chi connectivity index (χ1v) is 15.9. The summed E-state index contributed by atoms with van der Waals surface area (Å²) in [6.45, 7) is 1.72. The van der Waals surface area contributed by atoms with Crippen LogP contribution in [0.2, 0.25) is 5.02 Å². The van der Waals surface area contributed by atoms with Crippen LogP contribution in [0.1, 0.15) is 16.4 Å². The lowest BCUT2D eigenvalue weighted by molar-refractivity contribution is -0.134. The second-order valence-corrected chi connectivity index (χ2v) is 12.0. The fourth-order valence-electron chi connectivity index (χ4n) is 5.58. The lowest BCUT2D eigenvalue weighted by Gasteiger charge is -2.30. The number of methoxy groups -OCH3 is 3. The van der Waals surface area contributed by atoms with E-state index in [4.69, 9.17) is 35.6 Å². The molecule has 3 aromatic carbocycles. The molecule has 12 heteroatoms. The maximum absolute atomic E-state index is 14.1. The van der Waals surface area contributed by atoms with Gasteiger partial charge in [0.25, 0.3) is 0 Å². The van der Waals surface area contributed by atoms with Crippen molar-refractivity contribution in [1.82, 2.24) is 14.7 Å². The summed E-state index contributed by atoms with van der Waals surface area (Å²) < 4.78 is 24.0. The Hall–Kier alpha value is -4.19. The summed E-state index contributed by atoms with van der Waals surface area (Å²) in [4.78, 5) is 31.1. The number of thioether (sulfide) groups is 1. The average Bonchev–Trinajstić information content (AvgIpc) is 3.41. The van der Waals surface area contributed by atoms with Crippen molar-refractivity contribution in [3.63, 3.8) is 0 Å². The fraction of sp³-hybridized carbons (Fsp3) is 0.303. The number of morpholine rings is 1. The third-order valence-corrected chi connectivity index (χ3v) is 9.39. The zero-order valence-corrected chi connectivity index (χ0v) is 26.8. The van der Waals surface area contributed by atoms with Gasteiger partial charge >= 0.3 is 0 Å². The molecule has 0 N–H and O–H groups in total. The molecule has 1 aromatic heterocycles. The fourth-order valence-corrected chi connectivity index (χ4v) is 6.92. The molecule has 0 spiro atoms. The molecule has 4 aromatic rings. The summed E-state index contributed by atoms with van der Waals surface area (Å²) in [6.07, 6.45) is 0. The highest BCUT2D eigenvalue weighted by atomic mass is 35.5. The van der Waals surface area contributed by atoms with Crippen molar-refractivity contribution in [3.05, 3.63) is 82.9 Å². The van der Waals surface area contributed by atoms with E-state index in [0.717, 1.165) is 16.7 Å². The predicted octanol–water partition coefficient (Wildman–Crippen LogP) is 5.25. The van der Waals surface area contributed by atoms with Gasteiger partial charge in [-0.15, -0.1) is 11.8 Å². The molecule has 1 atom stereocenters. The Kier molecular flexibility index (Phi) is 9.20. The summed E-state index contributed by atoms with van der Waals surface area (Å²) in [5, 5.41) is 5.33. The van der Waals surface area contributed by atoms with Gasteiger partial charge in [0.1, 0.15) is 29.6 Å². The van der Waals surface area contributed by atoms with Gasteiger partial charge in [-0.2, -0.15) is 5.10 Å². The minimum atomic E-state index is -0.407. The van der Waals surface area contributed by atoms with Crippen molar-refractivity contribution in [2.24, 2.45) is 0 Å². The summed E-state index contributed by atoms with van der Waals surface area (Å²) >= 11 is 7.75. The van der Waals surface area contributed by atoms with Crippen molar-refractivity contribution < 1.29 is 28.5 Å². The van der Waals surface area contributed by atoms with Gasteiger partial charge < -0.3 is 23.8 Å². The summed E-state index contributed by atoms with van der Waals surface area (Å²) in [7, 11) is 4.84. The number of nitrogens with zero attached hydrogens (tertiary/aromatic N) is 4. The summed E-state index contributed by atoms with van der Waals surface area (Å²) in [5.41, 5.74) is 3.75. The molecular formula is C33H33ClN4O6S. The highest BCUT2D eigenvalue weighted by Crippen LogP contribution is 2.51. The number of amides is 2. The number of hydrogen-bond donors (Lipinski definition) is 0. The van der Waals surface area contributed by atoms with E-state index in [-0.39, 0.29) is 24.1 Å². The van der Waals surface area contributed by atoms with E-state index >= 15 is 0 Å². The highest BCUT2D eigenvalue weighted by molar-refractivity contribution is 8.00. The van der Waals surface area contributed by atoms with Crippen molar-refractivity contribution in [2.75, 3.05) is 64.8 Å². The number of ether oxygens (including phenoxy) is 4. The molecule has 0 radical (unpaired) electrons. The molecule has 2 aliphatic heterocycles. The monoisotopic (exact) mass is 648 g/mol. The van der Waals surface area contributed by atoms with Crippen LogP contribution in [-0.2, 0) is 14.3 Å². The van der Waals surface area contributed by atoms with E-state index in [9.17, 15) is 9.59 Å². The number of carbonyl (C=O) groups excluding carboxylic acids is 2. The van der Waals surface area contributed by atoms with Crippen molar-refractivity contribution >= 4 is 41.0 Å². The molecule has 2 amide bonds. The first-order chi connectivity index (χ1) is 21.9. The number of rotatable bonds is 8. The summed E-state index contributed by atoms with van der Waals surface area (Å²) in [6, 6.07) is 20.5. The number of anilines is 1. The Bertz CT molecular complexity index is 1690. The summed E-state index contributed by atoms with van der Waals surface area (Å²) in [5.74, 6) is 2.25. The normalized spacial score (nSPS) is 16.6. The molecule has 0 saturated carbocycles. The Morgan fingerprint density at radius 2 is 1.64 bits per heavy atom. The van der Waals surface area contributed by atoms with Crippen LogP contribution in [0.5, 0.6) is 17.2 Å². The van der Waals surface area contributed by atoms with Gasteiger partial charge in [-0.25, -0.2) is 4.68 Å². The second kappa shape index (κ2) is 13.4. The van der Waals surface area contributed by atoms with Gasteiger partial charge in [-0.3, -0.25) is 14.5 Å². The molecule has 234 valence electrons. The van der Waals surface area contributed by atoms with Gasteiger partial charge in [0, 0.05) is 34.8 Å². The third kappa shape index (κ3) is 6.20. The Labute approximate surface area is 270 Å². The largest absolute Gasteiger partial charge is 0.497 e. The maximum Gasteiger partial charge on any atom is 0.242 e. The lowest BCUT2D eigenvalue weighted by atomic mass is 9.98. The van der Waals surface area contributed by atoms with Crippen LogP contribution >= 0.6 is 23.4 Å². The molecule has 0 aliphatic carbocycles. The van der Waals surface area contributed by atoms with E-state index in [0.29, 0.717) is 65.8 Å². The topological polar surface area (TPSA) is 95.4 Å². The standard InChI is InChI=1S/C33H33ClN4O6S/c1-41-24-10-8-23(9-11-24)38-33-30(31(35-38)21-4-6-22(34)7-5-21)32(26-18-25(42-2)12-13-27(26)43-3)45-20-29(40)37(33)19-28(39)36-14-16-44-17-15-36/h4-13,18,32H,14-17,19-20H2,1-3H3. The quantitative estimate of drug-likeness (QED) is 0.256. The molecule has 1 fully saturated rings. The van der Waals surface area contributed by atoms with Crippen LogP contribution in [0, 0.1) is 0 Å². The smallest absolute Gasteiger partial charge is 0.242 e. The minimum Gasteiger partial charge on any atom is -0.497 e. The Morgan fingerprint density at radius 1 is 0.956 bits per heavy atom. The predicted molar refractivity (Wildman–Crippen MR) is 174 cm³/mol. The molecule has 0 bridgehead atoms. The van der Waals surface area contributed by atoms with E-state index < -0.39 is 5.25 Å². The molecule has 45 heavy (non-hydrogen) atoms. The van der Waals surface area contributed by atoms with Gasteiger partial charge in [0.2, 0.25) is 11.8 Å². The average molecular weight is 649 g/mol. The van der Waals surface area contributed by atoms with Crippen molar-refractivity contribution in [1.29, 1.82) is 0 Å². The van der Waals surface area contributed by atoms with Gasteiger partial charge in [0.05, 0.1) is 56.9 Å². The second-order valence-electron chi connectivity index (χ2n) is 10.5. The zero-order valence-electron chi connectivity index (χ0n) is 25.2. The zero-order chi connectivity index (χ0) is 31.5. The number of halogens is 1. The van der Waals surface area contributed by atoms with E-state index in [1.165, 1.54) is 11.8 Å². The van der Waals surface area contributed by atoms with Gasteiger partial charge in [-0.05, 0) is 54.6 Å². The van der Waals surface area contributed by atoms with E-state index in [2.05, 4.69) is 0 Å². The molecule has 2 aliphatic rings. The maximum atomic E-state index is 14.1. The number of carbonyl (C=O) groups is 2. The van der Waals surface area contributed by atoms with Crippen LogP contribution in [0.3, 0.4) is 0 Å². The minimum absolute atomic E-state index is 0.124. The van der Waals surface area contributed by atoms with Crippen molar-refractivity contribution in [2.45, 2.75) is 5.25 Å². The molecule has 1 saturated heterocycles. The van der Waals surface area contributed by atoms with Gasteiger partial charge in [0.15, 0.2) is 0 Å². The van der Waals surface area contributed by atoms with Crippen LogP contribution in [0.25, 0.3) is 16.9 Å². The van der Waals surface area contributed by atoms with Crippen LogP contribution in [-0.4, -0.2) is 86.4 Å². The Balaban J connectivity index is 1.62. The van der Waals surface area contributed by atoms with Crippen molar-refractivity contribution in [3.8, 4) is 34.2 Å². The number of hydrogen-bond acceptors (Lipinski definition) is 8. The van der Waals surface area contributed by atoms with Crippen LogP contribution in [0.15, 0.2) is 66.7 Å². The van der Waals surface area contributed by atoms with Crippen LogP contribution in [0.4, 0.5) is 5.82 Å². The Morgan fingerprint density at radius 3 is 2.31 bits per heavy atom. The highest BCUT2D eigenvalue weighted by Gasteiger charge is 2.39. The SMILES string of the molecule is COc1ccc(-n2nc(-c3ccc(Cl)cc3)c3c2N(CC(=O)N2CCOCC2)C(=O)CSC3c2cc(OC)ccc2OC)cc1. The van der Waals surface area contributed by atoms with E-state index in [1.54, 1.807) is 35.8 Å². The molecule has 6 rings (SSSR count). The molecule has 10 nitrogen and oxygen atoms in total. The van der Waals surface area contributed by atoms with Crippen LogP contribution < -0.4 is 19.1 Å². The lowest BCUT2D eigenvalue weighted by Crippen LogP contribution is -2.48.